The first-order valence-corrected chi connectivity index (χ1v) is 9.94. The second-order valence-electron chi connectivity index (χ2n) is 7.63. The summed E-state index contributed by atoms with van der Waals surface area (Å²) in [6.45, 7) is 14.7. The summed E-state index contributed by atoms with van der Waals surface area (Å²) in [5.41, 5.74) is 0.125. The van der Waals surface area contributed by atoms with Crippen molar-refractivity contribution >= 4 is 29.9 Å². The molecule has 0 spiro atoms. The Morgan fingerprint density at radius 3 is 2.46 bits per heavy atom. The summed E-state index contributed by atoms with van der Waals surface area (Å²) >= 11 is 0. The lowest BCUT2D eigenvalue weighted by Gasteiger charge is -2.40. The van der Waals surface area contributed by atoms with Crippen molar-refractivity contribution in [1.82, 2.24) is 20.4 Å². The summed E-state index contributed by atoms with van der Waals surface area (Å²) in [4.78, 5) is 9.76. The summed E-state index contributed by atoms with van der Waals surface area (Å²) in [6, 6.07) is 0. The second kappa shape index (κ2) is 14.9. The van der Waals surface area contributed by atoms with Crippen LogP contribution in [0.25, 0.3) is 0 Å². The molecule has 7 heteroatoms. The molecule has 1 fully saturated rings. The lowest BCUT2D eigenvalue weighted by Crippen LogP contribution is -2.50. The maximum absolute atomic E-state index is 5.11. The Kier molecular flexibility index (Phi) is 14.8. The summed E-state index contributed by atoms with van der Waals surface area (Å²) < 4.78 is 5.11. The van der Waals surface area contributed by atoms with Crippen molar-refractivity contribution in [2.24, 2.45) is 4.99 Å². The average molecular weight is 483 g/mol. The lowest BCUT2D eigenvalue weighted by molar-refractivity contribution is 0.102. The number of nitrogens with one attached hydrogen (secondary N) is 2. The van der Waals surface area contributed by atoms with Gasteiger partial charge in [0.25, 0.3) is 0 Å². The maximum Gasteiger partial charge on any atom is 0.191 e. The zero-order valence-corrected chi connectivity index (χ0v) is 20.0. The molecule has 0 aliphatic carbocycles. The molecule has 156 valence electrons. The quantitative estimate of drug-likeness (QED) is 0.205. The van der Waals surface area contributed by atoms with Crippen molar-refractivity contribution in [3.05, 3.63) is 0 Å². The van der Waals surface area contributed by atoms with Crippen LogP contribution in [0.4, 0.5) is 0 Å². The number of likely N-dealkylation sites (N-methyl/N-ethyl adjacent to an activating group) is 1. The second-order valence-corrected chi connectivity index (χ2v) is 7.63. The minimum Gasteiger partial charge on any atom is -0.385 e. The van der Waals surface area contributed by atoms with Crippen molar-refractivity contribution in [3.63, 3.8) is 0 Å². The molecule has 0 unspecified atom stereocenters. The molecule has 2 N–H and O–H groups in total. The third-order valence-electron chi connectivity index (χ3n) is 4.85. The number of aliphatic imine (C=N–C) groups is 1. The van der Waals surface area contributed by atoms with Crippen molar-refractivity contribution in [3.8, 4) is 0 Å². The van der Waals surface area contributed by atoms with E-state index in [1.807, 2.05) is 0 Å². The van der Waals surface area contributed by atoms with E-state index in [4.69, 9.17) is 9.73 Å². The minimum atomic E-state index is 0. The Hall–Kier alpha value is -0.120. The molecule has 26 heavy (non-hydrogen) atoms. The van der Waals surface area contributed by atoms with Crippen LogP contribution in [0.3, 0.4) is 0 Å². The van der Waals surface area contributed by atoms with Gasteiger partial charge in [0, 0.05) is 45.4 Å². The number of hydrogen-bond acceptors (Lipinski definition) is 4. The Morgan fingerprint density at radius 2 is 1.85 bits per heavy atom. The number of halogens is 1. The molecule has 1 rings (SSSR count). The predicted octanol–water partition coefficient (Wildman–Crippen LogP) is 2.39. The first-order valence-electron chi connectivity index (χ1n) is 9.94. The van der Waals surface area contributed by atoms with Crippen molar-refractivity contribution in [2.75, 3.05) is 66.6 Å². The topological polar surface area (TPSA) is 52.1 Å². The first kappa shape index (κ1) is 25.9. The van der Waals surface area contributed by atoms with E-state index in [2.05, 4.69) is 48.3 Å². The van der Waals surface area contributed by atoms with Crippen LogP contribution >= 0.6 is 24.0 Å². The number of likely N-dealkylation sites (tertiary alicyclic amines) is 1. The Morgan fingerprint density at radius 1 is 1.15 bits per heavy atom. The number of ether oxygens (including phenoxy) is 1. The summed E-state index contributed by atoms with van der Waals surface area (Å²) in [5.74, 6) is 0.929. The zero-order chi connectivity index (χ0) is 18.5. The molecule has 0 saturated carbocycles. The predicted molar refractivity (Wildman–Crippen MR) is 123 cm³/mol. The van der Waals surface area contributed by atoms with E-state index >= 15 is 0 Å². The highest BCUT2D eigenvalue weighted by Crippen LogP contribution is 2.20. The van der Waals surface area contributed by atoms with E-state index in [-0.39, 0.29) is 29.5 Å². The van der Waals surface area contributed by atoms with Gasteiger partial charge in [0.15, 0.2) is 5.96 Å². The normalized spacial score (nSPS) is 16.5. The molecule has 0 atom stereocenters. The van der Waals surface area contributed by atoms with E-state index in [9.17, 15) is 0 Å². The molecule has 1 aliphatic rings. The number of guanidine groups is 1. The van der Waals surface area contributed by atoms with E-state index in [1.165, 1.54) is 32.4 Å². The fourth-order valence-electron chi connectivity index (χ4n) is 3.17. The number of nitrogens with zero attached hydrogens (tertiary/aromatic N) is 3. The zero-order valence-electron chi connectivity index (χ0n) is 17.6. The molecule has 0 bridgehead atoms. The van der Waals surface area contributed by atoms with Crippen LogP contribution in [0.1, 0.15) is 46.5 Å². The molecule has 0 aromatic carbocycles. The van der Waals surface area contributed by atoms with Gasteiger partial charge in [-0.05, 0) is 60.2 Å². The van der Waals surface area contributed by atoms with Crippen molar-refractivity contribution in [1.29, 1.82) is 0 Å². The van der Waals surface area contributed by atoms with Crippen LogP contribution in [0.15, 0.2) is 4.99 Å². The largest absolute Gasteiger partial charge is 0.385 e. The van der Waals surface area contributed by atoms with Gasteiger partial charge in [0.2, 0.25) is 0 Å². The van der Waals surface area contributed by atoms with Gasteiger partial charge in [0.1, 0.15) is 0 Å². The fourth-order valence-corrected chi connectivity index (χ4v) is 3.17. The SMILES string of the molecule is CCNC(=NCC(C)(C)N1CCCCC1)NCCN(C)CCCOC.I. The Bertz CT molecular complexity index is 373. The molecular weight excluding hydrogens is 441 g/mol. The van der Waals surface area contributed by atoms with Crippen LogP contribution in [-0.2, 0) is 4.74 Å². The van der Waals surface area contributed by atoms with Gasteiger partial charge < -0.3 is 20.3 Å². The summed E-state index contributed by atoms with van der Waals surface area (Å²) in [5, 5.41) is 6.83. The van der Waals surface area contributed by atoms with Gasteiger partial charge in [-0.2, -0.15) is 0 Å². The van der Waals surface area contributed by atoms with E-state index in [0.717, 1.165) is 51.7 Å². The molecule has 1 aliphatic heterocycles. The van der Waals surface area contributed by atoms with Crippen molar-refractivity contribution in [2.45, 2.75) is 52.0 Å². The van der Waals surface area contributed by atoms with Gasteiger partial charge >= 0.3 is 0 Å². The maximum atomic E-state index is 5.11. The molecule has 1 saturated heterocycles. The highest BCUT2D eigenvalue weighted by Gasteiger charge is 2.27. The first-order chi connectivity index (χ1) is 12.0. The number of rotatable bonds is 11. The third-order valence-corrected chi connectivity index (χ3v) is 4.85. The van der Waals surface area contributed by atoms with Crippen LogP contribution in [0.5, 0.6) is 0 Å². The number of methoxy groups -OCH3 is 1. The highest BCUT2D eigenvalue weighted by atomic mass is 127. The Labute approximate surface area is 178 Å². The molecule has 0 aromatic heterocycles. The molecular formula is C19H42IN5O. The van der Waals surface area contributed by atoms with Crippen molar-refractivity contribution < 1.29 is 4.74 Å². The van der Waals surface area contributed by atoms with Crippen LogP contribution in [0, 0.1) is 0 Å². The van der Waals surface area contributed by atoms with Gasteiger partial charge in [0.05, 0.1) is 6.54 Å². The van der Waals surface area contributed by atoms with Gasteiger partial charge in [-0.15, -0.1) is 24.0 Å². The Balaban J connectivity index is 0.00000625. The van der Waals surface area contributed by atoms with Gasteiger partial charge in [-0.1, -0.05) is 6.42 Å². The van der Waals surface area contributed by atoms with Gasteiger partial charge in [-0.25, -0.2) is 0 Å². The van der Waals surface area contributed by atoms with E-state index < -0.39 is 0 Å². The standard InChI is InChI=1S/C19H41N5O.HI/c1-6-20-18(21-11-15-23(4)12-10-16-25-5)22-17-19(2,3)24-13-8-7-9-14-24;/h6-17H2,1-5H3,(H2,20,21,22);1H. The van der Waals surface area contributed by atoms with Crippen LogP contribution in [0.2, 0.25) is 0 Å². The lowest BCUT2D eigenvalue weighted by atomic mass is 9.99. The van der Waals surface area contributed by atoms with E-state index in [1.54, 1.807) is 7.11 Å². The molecule has 1 heterocycles. The highest BCUT2D eigenvalue weighted by molar-refractivity contribution is 14.0. The average Bonchev–Trinajstić information content (AvgIpc) is 2.61. The third kappa shape index (κ3) is 10.9. The van der Waals surface area contributed by atoms with Crippen LogP contribution < -0.4 is 10.6 Å². The molecule has 0 aromatic rings. The smallest absolute Gasteiger partial charge is 0.191 e. The monoisotopic (exact) mass is 483 g/mol. The minimum absolute atomic E-state index is 0. The summed E-state index contributed by atoms with van der Waals surface area (Å²) in [6.07, 6.45) is 5.09. The number of hydrogen-bond donors (Lipinski definition) is 2. The fraction of sp³-hybridized carbons (Fsp3) is 0.947. The molecule has 0 amide bonds. The number of piperidine rings is 1. The summed E-state index contributed by atoms with van der Waals surface area (Å²) in [7, 11) is 3.91. The van der Waals surface area contributed by atoms with Crippen LogP contribution in [-0.4, -0.2) is 87.9 Å². The van der Waals surface area contributed by atoms with Gasteiger partial charge in [-0.3, -0.25) is 9.89 Å². The molecule has 6 nitrogen and oxygen atoms in total. The molecule has 0 radical (unpaired) electrons. The van der Waals surface area contributed by atoms with E-state index in [0.29, 0.717) is 0 Å².